The van der Waals surface area contributed by atoms with Crippen molar-refractivity contribution in [3.05, 3.63) is 30.6 Å². The van der Waals surface area contributed by atoms with Crippen molar-refractivity contribution in [3.63, 3.8) is 0 Å². The Bertz CT molecular complexity index is 921. The van der Waals surface area contributed by atoms with E-state index in [9.17, 15) is 10.1 Å². The molecule has 0 aromatic carbocycles. The van der Waals surface area contributed by atoms with Crippen LogP contribution in [0.2, 0.25) is 0 Å². The minimum atomic E-state index is -0.947. The number of nitriles is 1. The molecule has 2 aromatic heterocycles. The smallest absolute Gasteiger partial charge is 0.248 e. The van der Waals surface area contributed by atoms with Gasteiger partial charge in [-0.15, -0.1) is 0 Å². The number of hydrogen-bond donors (Lipinski definition) is 1. The van der Waals surface area contributed by atoms with E-state index in [1.165, 1.54) is 0 Å². The Hall–Kier alpha value is -3.25. The van der Waals surface area contributed by atoms with Crippen LogP contribution in [0.1, 0.15) is 19.8 Å². The number of carbonyl (C=O) groups excluding carboxylic acids is 1. The lowest BCUT2D eigenvalue weighted by molar-refractivity contribution is -0.123. The van der Waals surface area contributed by atoms with E-state index in [4.69, 9.17) is 4.74 Å². The number of rotatable bonds is 5. The van der Waals surface area contributed by atoms with Gasteiger partial charge in [-0.3, -0.25) is 9.69 Å². The van der Waals surface area contributed by atoms with E-state index in [0.29, 0.717) is 44.4 Å². The molecule has 0 radical (unpaired) electrons. The van der Waals surface area contributed by atoms with Crippen LogP contribution in [-0.4, -0.2) is 53.7 Å². The third kappa shape index (κ3) is 3.71. The van der Waals surface area contributed by atoms with E-state index in [1.54, 1.807) is 23.4 Å². The van der Waals surface area contributed by atoms with Crippen LogP contribution in [0, 0.1) is 16.7 Å². The fraction of sp³-hybridized carbons (Fsp3) is 0.450. The number of nitrogens with one attached hydrogen (secondary N) is 1. The Morgan fingerprint density at radius 3 is 2.69 bits per heavy atom. The Kier molecular flexibility index (Phi) is 5.27. The lowest BCUT2D eigenvalue weighted by Gasteiger charge is -2.27. The summed E-state index contributed by atoms with van der Waals surface area (Å²) in [5.41, 5.74) is -0.190. The van der Waals surface area contributed by atoms with Gasteiger partial charge >= 0.3 is 0 Å². The van der Waals surface area contributed by atoms with Crippen molar-refractivity contribution >= 4 is 29.2 Å². The second-order valence-electron chi connectivity index (χ2n) is 7.12. The van der Waals surface area contributed by atoms with Gasteiger partial charge < -0.3 is 15.0 Å². The van der Waals surface area contributed by atoms with Crippen molar-refractivity contribution in [1.82, 2.24) is 15.0 Å². The molecule has 2 fully saturated rings. The van der Waals surface area contributed by atoms with Crippen LogP contribution in [-0.2, 0) is 9.53 Å². The van der Waals surface area contributed by atoms with Crippen molar-refractivity contribution in [1.29, 1.82) is 5.26 Å². The number of pyridine rings is 1. The number of anilines is 4. The van der Waals surface area contributed by atoms with Gasteiger partial charge in [-0.1, -0.05) is 6.92 Å². The summed E-state index contributed by atoms with van der Waals surface area (Å²) in [7, 11) is 0. The fourth-order valence-electron chi connectivity index (χ4n) is 3.63. The third-order valence-electron chi connectivity index (χ3n) is 5.49. The molecular formula is C20H23N7O2. The maximum absolute atomic E-state index is 12.7. The Balaban J connectivity index is 1.47. The molecule has 150 valence electrons. The molecule has 1 atom stereocenters. The average Bonchev–Trinajstić information content (AvgIpc) is 3.12. The zero-order valence-corrected chi connectivity index (χ0v) is 16.3. The quantitative estimate of drug-likeness (QED) is 0.823. The summed E-state index contributed by atoms with van der Waals surface area (Å²) in [5.74, 6) is 1.59. The summed E-state index contributed by atoms with van der Waals surface area (Å²) < 4.78 is 5.37. The van der Waals surface area contributed by atoms with E-state index in [2.05, 4.69) is 31.2 Å². The minimum absolute atomic E-state index is 0.191. The summed E-state index contributed by atoms with van der Waals surface area (Å²) >= 11 is 0. The van der Waals surface area contributed by atoms with E-state index >= 15 is 0 Å². The summed E-state index contributed by atoms with van der Waals surface area (Å²) in [6, 6.07) is 7.75. The van der Waals surface area contributed by atoms with Gasteiger partial charge in [-0.05, 0) is 31.0 Å². The predicted octanol–water partition coefficient (Wildman–Crippen LogP) is 2.11. The molecule has 1 N–H and O–H groups in total. The largest absolute Gasteiger partial charge is 0.378 e. The topological polar surface area (TPSA) is 107 Å². The van der Waals surface area contributed by atoms with Crippen molar-refractivity contribution in [2.24, 2.45) is 5.41 Å². The van der Waals surface area contributed by atoms with Crippen LogP contribution in [0.5, 0.6) is 0 Å². The second kappa shape index (κ2) is 8.01. The summed E-state index contributed by atoms with van der Waals surface area (Å²) in [5, 5.41) is 12.6. The molecule has 29 heavy (non-hydrogen) atoms. The van der Waals surface area contributed by atoms with Gasteiger partial charge in [0.1, 0.15) is 17.1 Å². The third-order valence-corrected chi connectivity index (χ3v) is 5.49. The molecule has 4 heterocycles. The number of morpholine rings is 1. The maximum atomic E-state index is 12.7. The molecule has 2 aliphatic heterocycles. The molecule has 1 unspecified atom stereocenters. The fourth-order valence-corrected chi connectivity index (χ4v) is 3.63. The van der Waals surface area contributed by atoms with Crippen molar-refractivity contribution < 1.29 is 9.53 Å². The summed E-state index contributed by atoms with van der Waals surface area (Å²) in [4.78, 5) is 29.7. The zero-order valence-electron chi connectivity index (χ0n) is 16.3. The summed E-state index contributed by atoms with van der Waals surface area (Å²) in [6.45, 7) is 5.43. The second-order valence-corrected chi connectivity index (χ2v) is 7.12. The molecule has 0 saturated carbocycles. The number of amides is 1. The molecule has 2 saturated heterocycles. The molecule has 0 spiro atoms. The molecule has 9 heteroatoms. The standard InChI is InChI=1S/C20H23N7O2/c1-2-20(14-21)6-8-27(18(20)28)17-5-7-22-19(25-17)24-15-3-4-16(23-13-15)26-9-11-29-12-10-26/h3-5,7,13H,2,6,8-12H2,1H3,(H,22,24,25). The lowest BCUT2D eigenvalue weighted by Crippen LogP contribution is -2.36. The first kappa shape index (κ1) is 19.1. The molecule has 0 aliphatic carbocycles. The van der Waals surface area contributed by atoms with Gasteiger partial charge in [0.25, 0.3) is 0 Å². The van der Waals surface area contributed by atoms with Gasteiger partial charge in [0.05, 0.1) is 31.2 Å². The summed E-state index contributed by atoms with van der Waals surface area (Å²) in [6.07, 6.45) is 4.35. The molecule has 1 amide bonds. The Morgan fingerprint density at radius 1 is 1.21 bits per heavy atom. The minimum Gasteiger partial charge on any atom is -0.378 e. The highest BCUT2D eigenvalue weighted by Gasteiger charge is 2.46. The molecular weight excluding hydrogens is 370 g/mol. The van der Waals surface area contributed by atoms with Crippen LogP contribution in [0.25, 0.3) is 0 Å². The van der Waals surface area contributed by atoms with Crippen molar-refractivity contribution in [3.8, 4) is 6.07 Å². The van der Waals surface area contributed by atoms with Gasteiger partial charge in [0.2, 0.25) is 11.9 Å². The first-order valence-corrected chi connectivity index (χ1v) is 9.77. The maximum Gasteiger partial charge on any atom is 0.248 e. The van der Waals surface area contributed by atoms with E-state index in [-0.39, 0.29) is 5.91 Å². The number of aromatic nitrogens is 3. The highest BCUT2D eigenvalue weighted by molar-refractivity contribution is 6.01. The Labute approximate surface area is 169 Å². The first-order chi connectivity index (χ1) is 14.1. The number of hydrogen-bond acceptors (Lipinski definition) is 8. The number of nitrogens with zero attached hydrogens (tertiary/aromatic N) is 6. The van der Waals surface area contributed by atoms with Crippen LogP contribution in [0.3, 0.4) is 0 Å². The van der Waals surface area contributed by atoms with Gasteiger partial charge in [0, 0.05) is 25.8 Å². The number of carbonyl (C=O) groups is 1. The molecule has 0 bridgehead atoms. The molecule has 9 nitrogen and oxygen atoms in total. The van der Waals surface area contributed by atoms with Crippen LogP contribution in [0.4, 0.5) is 23.3 Å². The van der Waals surface area contributed by atoms with Crippen molar-refractivity contribution in [2.75, 3.05) is 48.0 Å². The SMILES string of the molecule is CCC1(C#N)CCN(c2ccnc(Nc3ccc(N4CCOCC4)nc3)n2)C1=O. The first-order valence-electron chi connectivity index (χ1n) is 9.77. The monoisotopic (exact) mass is 393 g/mol. The van der Waals surface area contributed by atoms with E-state index in [0.717, 1.165) is 24.6 Å². The van der Waals surface area contributed by atoms with Crippen molar-refractivity contribution in [2.45, 2.75) is 19.8 Å². The van der Waals surface area contributed by atoms with E-state index in [1.807, 2.05) is 19.1 Å². The molecule has 4 rings (SSSR count). The van der Waals surface area contributed by atoms with Crippen LogP contribution >= 0.6 is 0 Å². The highest BCUT2D eigenvalue weighted by atomic mass is 16.5. The zero-order chi connectivity index (χ0) is 20.3. The van der Waals surface area contributed by atoms with Crippen LogP contribution in [0.15, 0.2) is 30.6 Å². The Morgan fingerprint density at radius 2 is 2.03 bits per heavy atom. The average molecular weight is 393 g/mol. The van der Waals surface area contributed by atoms with Gasteiger partial charge in [0.15, 0.2) is 0 Å². The normalized spacial score (nSPS) is 21.9. The van der Waals surface area contributed by atoms with E-state index < -0.39 is 5.41 Å². The van der Waals surface area contributed by atoms with Gasteiger partial charge in [-0.25, -0.2) is 9.97 Å². The van der Waals surface area contributed by atoms with Crippen LogP contribution < -0.4 is 15.1 Å². The highest BCUT2D eigenvalue weighted by Crippen LogP contribution is 2.36. The molecule has 2 aromatic rings. The molecule has 2 aliphatic rings. The van der Waals surface area contributed by atoms with Gasteiger partial charge in [-0.2, -0.15) is 10.2 Å². The lowest BCUT2D eigenvalue weighted by atomic mass is 9.85. The predicted molar refractivity (Wildman–Crippen MR) is 108 cm³/mol. The number of ether oxygens (including phenoxy) is 1.